The molecule has 1 N–H and O–H groups in total. The lowest BCUT2D eigenvalue weighted by molar-refractivity contribution is 0.268. The molecule has 1 heterocycles. The minimum absolute atomic E-state index is 0.0291. The van der Waals surface area contributed by atoms with E-state index in [1.54, 1.807) is 0 Å². The van der Waals surface area contributed by atoms with Gasteiger partial charge in [0.2, 0.25) is 0 Å². The minimum atomic E-state index is 0.0291. The number of ether oxygens (including phenoxy) is 1. The van der Waals surface area contributed by atoms with Crippen LogP contribution in [0, 0.1) is 0 Å². The highest BCUT2D eigenvalue weighted by Crippen LogP contribution is 2.34. The summed E-state index contributed by atoms with van der Waals surface area (Å²) in [7, 11) is 0. The highest BCUT2D eigenvalue weighted by molar-refractivity contribution is 9.10. The van der Waals surface area contributed by atoms with Gasteiger partial charge in [0, 0.05) is 22.7 Å². The van der Waals surface area contributed by atoms with E-state index in [-0.39, 0.29) is 12.6 Å². The van der Waals surface area contributed by atoms with Crippen molar-refractivity contribution in [1.82, 2.24) is 4.57 Å². The summed E-state index contributed by atoms with van der Waals surface area (Å²) in [6, 6.07) is 26.7. The van der Waals surface area contributed by atoms with E-state index in [0.717, 1.165) is 32.3 Å². The highest BCUT2D eigenvalue weighted by Gasteiger charge is 2.18. The molecule has 142 valence electrons. The smallest absolute Gasteiger partial charge is 0.144 e. The monoisotopic (exact) mass is 435 g/mol. The maximum atomic E-state index is 9.70. The summed E-state index contributed by atoms with van der Waals surface area (Å²) in [5.74, 6) is 0.851. The summed E-state index contributed by atoms with van der Waals surface area (Å²) in [6.45, 7) is 0.635. The maximum absolute atomic E-state index is 9.70. The fourth-order valence-electron chi connectivity index (χ4n) is 3.60. The molecule has 28 heavy (non-hydrogen) atoms. The summed E-state index contributed by atoms with van der Waals surface area (Å²) >= 11 is 3.56. The Morgan fingerprint density at radius 1 is 0.929 bits per heavy atom. The highest BCUT2D eigenvalue weighted by atomic mass is 79.9. The van der Waals surface area contributed by atoms with Crippen LogP contribution in [0.25, 0.3) is 10.9 Å². The van der Waals surface area contributed by atoms with E-state index < -0.39 is 0 Å². The van der Waals surface area contributed by atoms with Gasteiger partial charge in [-0.1, -0.05) is 70.5 Å². The maximum Gasteiger partial charge on any atom is 0.144 e. The first-order valence-corrected chi connectivity index (χ1v) is 10.2. The second-order valence-electron chi connectivity index (χ2n) is 6.77. The van der Waals surface area contributed by atoms with Crippen molar-refractivity contribution in [2.24, 2.45) is 0 Å². The fourth-order valence-corrected chi connectivity index (χ4v) is 4.02. The van der Waals surface area contributed by atoms with Gasteiger partial charge < -0.3 is 14.4 Å². The molecule has 1 atom stereocenters. The topological polar surface area (TPSA) is 34.4 Å². The van der Waals surface area contributed by atoms with E-state index >= 15 is 0 Å². The Morgan fingerprint density at radius 3 is 2.54 bits per heavy atom. The van der Waals surface area contributed by atoms with E-state index in [4.69, 9.17) is 4.74 Å². The summed E-state index contributed by atoms with van der Waals surface area (Å²) in [6.07, 6.45) is 2.72. The van der Waals surface area contributed by atoms with Crippen LogP contribution in [-0.4, -0.2) is 16.3 Å². The van der Waals surface area contributed by atoms with Gasteiger partial charge in [-0.3, -0.25) is 0 Å². The van der Waals surface area contributed by atoms with Crippen LogP contribution in [0.15, 0.2) is 89.5 Å². The molecule has 3 nitrogen and oxygen atoms in total. The van der Waals surface area contributed by atoms with Crippen molar-refractivity contribution < 1.29 is 9.84 Å². The summed E-state index contributed by atoms with van der Waals surface area (Å²) in [4.78, 5) is 0. The third-order valence-corrected chi connectivity index (χ3v) is 5.41. The first-order chi connectivity index (χ1) is 13.8. The van der Waals surface area contributed by atoms with Crippen LogP contribution in [0.2, 0.25) is 0 Å². The number of halogens is 1. The van der Waals surface area contributed by atoms with Gasteiger partial charge in [-0.25, -0.2) is 0 Å². The summed E-state index contributed by atoms with van der Waals surface area (Å²) in [5, 5.41) is 10.8. The molecule has 0 bridgehead atoms. The molecule has 0 radical (unpaired) electrons. The third kappa shape index (κ3) is 3.98. The molecular formula is C24H22BrNO2. The summed E-state index contributed by atoms with van der Waals surface area (Å²) < 4.78 is 9.45. The molecule has 1 aromatic heterocycles. The van der Waals surface area contributed by atoms with E-state index in [1.165, 1.54) is 0 Å². The number of hydrogen-bond donors (Lipinski definition) is 1. The van der Waals surface area contributed by atoms with Crippen molar-refractivity contribution in [3.63, 3.8) is 0 Å². The van der Waals surface area contributed by atoms with Gasteiger partial charge in [0.1, 0.15) is 12.4 Å². The largest absolute Gasteiger partial charge is 0.487 e. The Labute approximate surface area is 173 Å². The molecule has 4 aromatic rings. The van der Waals surface area contributed by atoms with Gasteiger partial charge in [0.05, 0.1) is 11.6 Å². The number of para-hydroxylation sites is 1. The van der Waals surface area contributed by atoms with Gasteiger partial charge in [0.15, 0.2) is 0 Å². The average molecular weight is 436 g/mol. The van der Waals surface area contributed by atoms with Crippen LogP contribution >= 0.6 is 15.9 Å². The molecule has 0 aliphatic carbocycles. The van der Waals surface area contributed by atoms with Crippen molar-refractivity contribution in [2.45, 2.75) is 19.1 Å². The number of benzene rings is 3. The molecule has 0 saturated heterocycles. The van der Waals surface area contributed by atoms with Gasteiger partial charge in [0.25, 0.3) is 0 Å². The van der Waals surface area contributed by atoms with Crippen LogP contribution in [0.5, 0.6) is 5.75 Å². The number of aromatic nitrogens is 1. The van der Waals surface area contributed by atoms with Crippen molar-refractivity contribution >= 4 is 26.8 Å². The van der Waals surface area contributed by atoms with Gasteiger partial charge in [-0.05, 0) is 41.8 Å². The fraction of sp³-hybridized carbons (Fsp3) is 0.167. The number of nitrogens with zero attached hydrogens (tertiary/aromatic N) is 1. The van der Waals surface area contributed by atoms with Crippen LogP contribution in [0.3, 0.4) is 0 Å². The average Bonchev–Trinajstić information content (AvgIpc) is 3.16. The van der Waals surface area contributed by atoms with Gasteiger partial charge >= 0.3 is 0 Å². The predicted octanol–water partition coefficient (Wildman–Crippen LogP) is 5.95. The molecule has 0 amide bonds. The normalized spacial score (nSPS) is 12.2. The van der Waals surface area contributed by atoms with Crippen molar-refractivity contribution in [2.75, 3.05) is 6.61 Å². The molecule has 0 aliphatic rings. The number of fused-ring (bicyclic) bond motifs is 1. The van der Waals surface area contributed by atoms with Crippen LogP contribution in [-0.2, 0) is 6.61 Å². The standard InChI is InChI=1S/C24H22BrNO2/c25-21-10-4-9-20(16-21)22(13-15-27)26-14-12-19-8-5-11-23(24(19)26)28-17-18-6-2-1-3-7-18/h1-12,14,16,22,27H,13,15,17H2/t22-/m1/s1. The molecule has 0 spiro atoms. The molecular weight excluding hydrogens is 414 g/mol. The van der Waals surface area contributed by atoms with Crippen LogP contribution < -0.4 is 4.74 Å². The lowest BCUT2D eigenvalue weighted by Gasteiger charge is -2.21. The molecule has 0 unspecified atom stereocenters. The number of rotatable bonds is 7. The van der Waals surface area contributed by atoms with Gasteiger partial charge in [-0.15, -0.1) is 0 Å². The molecule has 3 aromatic carbocycles. The number of aliphatic hydroxyl groups is 1. The quantitative estimate of drug-likeness (QED) is 0.388. The summed E-state index contributed by atoms with van der Waals surface area (Å²) in [5.41, 5.74) is 3.34. The Balaban J connectivity index is 1.74. The second-order valence-corrected chi connectivity index (χ2v) is 7.69. The second kappa shape index (κ2) is 8.63. The molecule has 4 rings (SSSR count). The zero-order valence-corrected chi connectivity index (χ0v) is 17.0. The van der Waals surface area contributed by atoms with Crippen molar-refractivity contribution in [3.05, 3.63) is 101 Å². The molecule has 0 saturated carbocycles. The molecule has 0 aliphatic heterocycles. The van der Waals surface area contributed by atoms with E-state index in [0.29, 0.717) is 13.0 Å². The van der Waals surface area contributed by atoms with E-state index in [1.807, 2.05) is 42.5 Å². The lowest BCUT2D eigenvalue weighted by Crippen LogP contribution is -2.12. The predicted molar refractivity (Wildman–Crippen MR) is 117 cm³/mol. The number of hydrogen-bond acceptors (Lipinski definition) is 2. The Morgan fingerprint density at radius 2 is 1.75 bits per heavy atom. The van der Waals surface area contributed by atoms with Gasteiger partial charge in [-0.2, -0.15) is 0 Å². The van der Waals surface area contributed by atoms with Crippen LogP contribution in [0.1, 0.15) is 23.6 Å². The van der Waals surface area contributed by atoms with E-state index in [2.05, 4.69) is 63.1 Å². The zero-order valence-electron chi connectivity index (χ0n) is 15.5. The molecule has 4 heteroatoms. The first kappa shape index (κ1) is 18.8. The van der Waals surface area contributed by atoms with Crippen molar-refractivity contribution in [1.29, 1.82) is 0 Å². The zero-order chi connectivity index (χ0) is 19.3. The first-order valence-electron chi connectivity index (χ1n) is 9.39. The van der Waals surface area contributed by atoms with E-state index in [9.17, 15) is 5.11 Å². The molecule has 0 fully saturated rings. The lowest BCUT2D eigenvalue weighted by atomic mass is 10.0. The Hall–Kier alpha value is -2.56. The minimum Gasteiger partial charge on any atom is -0.487 e. The van der Waals surface area contributed by atoms with Crippen molar-refractivity contribution in [3.8, 4) is 5.75 Å². The number of aliphatic hydroxyl groups excluding tert-OH is 1. The Bertz CT molecular complexity index is 1060. The third-order valence-electron chi connectivity index (χ3n) is 4.91. The van der Waals surface area contributed by atoms with Crippen LogP contribution in [0.4, 0.5) is 0 Å². The SMILES string of the molecule is OCC[C@H](c1cccc(Br)c1)n1ccc2cccc(OCc3ccccc3)c21. The Kier molecular flexibility index (Phi) is 5.79.